The number of anilines is 1. The lowest BCUT2D eigenvalue weighted by atomic mass is 10.1. The second-order valence-corrected chi connectivity index (χ2v) is 5.34. The molecule has 0 unspecified atom stereocenters. The van der Waals surface area contributed by atoms with Crippen molar-refractivity contribution in [3.05, 3.63) is 57.4 Å². The molecule has 0 radical (unpaired) electrons. The van der Waals surface area contributed by atoms with Gasteiger partial charge >= 0.3 is 0 Å². The number of halogens is 1. The molecule has 0 fully saturated rings. The summed E-state index contributed by atoms with van der Waals surface area (Å²) in [4.78, 5) is 6.35. The SMILES string of the molecule is CN(C)c1ccc(C=Cc2ccc(I)nc2)cc1. The first-order valence-electron chi connectivity index (χ1n) is 5.72. The van der Waals surface area contributed by atoms with Gasteiger partial charge < -0.3 is 4.90 Å². The van der Waals surface area contributed by atoms with E-state index in [9.17, 15) is 0 Å². The molecule has 0 saturated carbocycles. The number of hydrogen-bond donors (Lipinski definition) is 0. The van der Waals surface area contributed by atoms with E-state index in [2.05, 4.69) is 75.0 Å². The molecule has 3 heteroatoms. The van der Waals surface area contributed by atoms with Crippen molar-refractivity contribution in [3.63, 3.8) is 0 Å². The number of pyridine rings is 1. The fourth-order valence-corrected chi connectivity index (χ4v) is 1.88. The molecule has 2 aromatic rings. The zero-order valence-corrected chi connectivity index (χ0v) is 12.6. The monoisotopic (exact) mass is 350 g/mol. The minimum absolute atomic E-state index is 1.01. The van der Waals surface area contributed by atoms with Crippen LogP contribution >= 0.6 is 22.6 Å². The van der Waals surface area contributed by atoms with Crippen molar-refractivity contribution in [1.29, 1.82) is 0 Å². The molecule has 2 nitrogen and oxygen atoms in total. The van der Waals surface area contributed by atoms with E-state index in [1.54, 1.807) is 0 Å². The molecule has 0 aliphatic heterocycles. The number of benzene rings is 1. The zero-order valence-electron chi connectivity index (χ0n) is 10.5. The lowest BCUT2D eigenvalue weighted by Gasteiger charge is -2.11. The smallest absolute Gasteiger partial charge is 0.101 e. The summed E-state index contributed by atoms with van der Waals surface area (Å²) in [6.45, 7) is 0. The fraction of sp³-hybridized carbons (Fsp3) is 0.133. The molecule has 18 heavy (non-hydrogen) atoms. The molecule has 0 saturated heterocycles. The quantitative estimate of drug-likeness (QED) is 0.616. The van der Waals surface area contributed by atoms with Crippen molar-refractivity contribution >= 4 is 40.4 Å². The van der Waals surface area contributed by atoms with Gasteiger partial charge in [0, 0.05) is 26.0 Å². The van der Waals surface area contributed by atoms with Crippen LogP contribution in [0, 0.1) is 3.70 Å². The van der Waals surface area contributed by atoms with Crippen molar-refractivity contribution < 1.29 is 0 Å². The Morgan fingerprint density at radius 2 is 1.56 bits per heavy atom. The molecule has 0 amide bonds. The van der Waals surface area contributed by atoms with Crippen LogP contribution in [0.3, 0.4) is 0 Å². The Labute approximate surface area is 121 Å². The van der Waals surface area contributed by atoms with E-state index >= 15 is 0 Å². The van der Waals surface area contributed by atoms with E-state index in [0.717, 1.165) is 9.26 Å². The van der Waals surface area contributed by atoms with Gasteiger partial charge in [-0.3, -0.25) is 0 Å². The summed E-state index contributed by atoms with van der Waals surface area (Å²) in [5, 5.41) is 0. The minimum atomic E-state index is 1.01. The molecule has 0 N–H and O–H groups in total. The van der Waals surface area contributed by atoms with Crippen LogP contribution in [-0.4, -0.2) is 19.1 Å². The minimum Gasteiger partial charge on any atom is -0.378 e. The van der Waals surface area contributed by atoms with Gasteiger partial charge in [0.25, 0.3) is 0 Å². The summed E-state index contributed by atoms with van der Waals surface area (Å²) in [5.74, 6) is 0. The average Bonchev–Trinajstić information content (AvgIpc) is 2.38. The van der Waals surface area contributed by atoms with Crippen LogP contribution in [0.25, 0.3) is 12.2 Å². The Bertz CT molecular complexity index is 527. The Morgan fingerprint density at radius 3 is 2.11 bits per heavy atom. The van der Waals surface area contributed by atoms with Gasteiger partial charge in [0.1, 0.15) is 3.70 Å². The normalized spacial score (nSPS) is 10.8. The topological polar surface area (TPSA) is 16.1 Å². The van der Waals surface area contributed by atoms with E-state index < -0.39 is 0 Å². The number of rotatable bonds is 3. The third-order valence-corrected chi connectivity index (χ3v) is 3.27. The van der Waals surface area contributed by atoms with Crippen molar-refractivity contribution in [2.75, 3.05) is 19.0 Å². The Kier molecular flexibility index (Phi) is 4.36. The Morgan fingerprint density at radius 1 is 0.944 bits per heavy atom. The molecule has 1 heterocycles. The standard InChI is InChI=1S/C15H15IN2/c1-18(2)14-8-5-12(6-9-14)3-4-13-7-10-15(16)17-11-13/h3-11H,1-2H3. The van der Waals surface area contributed by atoms with Crippen LogP contribution in [0.1, 0.15) is 11.1 Å². The number of hydrogen-bond acceptors (Lipinski definition) is 2. The highest BCUT2D eigenvalue weighted by Gasteiger charge is 1.94. The molecular weight excluding hydrogens is 335 g/mol. The molecule has 0 bridgehead atoms. The number of aromatic nitrogens is 1. The van der Waals surface area contributed by atoms with Crippen LogP contribution in [0.2, 0.25) is 0 Å². The van der Waals surface area contributed by atoms with E-state index in [4.69, 9.17) is 0 Å². The molecule has 0 atom stereocenters. The largest absolute Gasteiger partial charge is 0.378 e. The van der Waals surface area contributed by atoms with Crippen LogP contribution in [0.5, 0.6) is 0 Å². The Balaban J connectivity index is 2.11. The molecular formula is C15H15IN2. The molecule has 1 aromatic carbocycles. The predicted octanol–water partition coefficient (Wildman–Crippen LogP) is 3.92. The highest BCUT2D eigenvalue weighted by atomic mass is 127. The van der Waals surface area contributed by atoms with E-state index in [1.807, 2.05) is 26.4 Å². The van der Waals surface area contributed by atoms with Gasteiger partial charge in [0.2, 0.25) is 0 Å². The maximum atomic E-state index is 4.26. The van der Waals surface area contributed by atoms with E-state index in [0.29, 0.717) is 0 Å². The van der Waals surface area contributed by atoms with Crippen LogP contribution < -0.4 is 4.90 Å². The van der Waals surface area contributed by atoms with Gasteiger partial charge in [-0.25, -0.2) is 4.98 Å². The maximum absolute atomic E-state index is 4.26. The van der Waals surface area contributed by atoms with Crippen molar-refractivity contribution in [3.8, 4) is 0 Å². The maximum Gasteiger partial charge on any atom is 0.101 e. The lowest BCUT2D eigenvalue weighted by Crippen LogP contribution is -2.07. The molecule has 0 aliphatic rings. The summed E-state index contributed by atoms with van der Waals surface area (Å²) in [6.07, 6.45) is 6.06. The second kappa shape index (κ2) is 6.00. The lowest BCUT2D eigenvalue weighted by molar-refractivity contribution is 1.13. The molecule has 0 aliphatic carbocycles. The van der Waals surface area contributed by atoms with Crippen molar-refractivity contribution in [2.24, 2.45) is 0 Å². The van der Waals surface area contributed by atoms with Gasteiger partial charge in [0.05, 0.1) is 0 Å². The fourth-order valence-electron chi connectivity index (χ4n) is 1.56. The van der Waals surface area contributed by atoms with Crippen LogP contribution in [-0.2, 0) is 0 Å². The summed E-state index contributed by atoms with van der Waals surface area (Å²) in [6, 6.07) is 12.5. The number of nitrogens with zero attached hydrogens (tertiary/aromatic N) is 2. The summed E-state index contributed by atoms with van der Waals surface area (Å²) >= 11 is 2.21. The summed E-state index contributed by atoms with van der Waals surface area (Å²) in [5.41, 5.74) is 3.52. The zero-order chi connectivity index (χ0) is 13.0. The molecule has 2 rings (SSSR count). The third kappa shape index (κ3) is 3.57. The Hall–Kier alpha value is -1.36. The van der Waals surface area contributed by atoms with Crippen molar-refractivity contribution in [1.82, 2.24) is 4.98 Å². The van der Waals surface area contributed by atoms with E-state index in [1.165, 1.54) is 11.3 Å². The first-order chi connectivity index (χ1) is 8.65. The summed E-state index contributed by atoms with van der Waals surface area (Å²) in [7, 11) is 4.09. The highest BCUT2D eigenvalue weighted by molar-refractivity contribution is 14.1. The van der Waals surface area contributed by atoms with Gasteiger partial charge in [0.15, 0.2) is 0 Å². The molecule has 0 spiro atoms. The van der Waals surface area contributed by atoms with Crippen LogP contribution in [0.4, 0.5) is 5.69 Å². The molecule has 1 aromatic heterocycles. The average molecular weight is 350 g/mol. The third-order valence-electron chi connectivity index (χ3n) is 2.63. The van der Waals surface area contributed by atoms with Gasteiger partial charge in [-0.1, -0.05) is 30.4 Å². The molecule has 92 valence electrons. The van der Waals surface area contributed by atoms with Gasteiger partial charge in [-0.05, 0) is 51.9 Å². The first-order valence-corrected chi connectivity index (χ1v) is 6.80. The van der Waals surface area contributed by atoms with E-state index in [-0.39, 0.29) is 0 Å². The van der Waals surface area contributed by atoms with Gasteiger partial charge in [-0.2, -0.15) is 0 Å². The summed E-state index contributed by atoms with van der Waals surface area (Å²) < 4.78 is 1.01. The van der Waals surface area contributed by atoms with Gasteiger partial charge in [-0.15, -0.1) is 0 Å². The highest BCUT2D eigenvalue weighted by Crippen LogP contribution is 2.14. The van der Waals surface area contributed by atoms with Crippen molar-refractivity contribution in [2.45, 2.75) is 0 Å². The van der Waals surface area contributed by atoms with Crippen LogP contribution in [0.15, 0.2) is 42.6 Å². The predicted molar refractivity (Wildman–Crippen MR) is 86.7 cm³/mol. The first kappa shape index (κ1) is 13.1. The second-order valence-electron chi connectivity index (χ2n) is 4.23.